The van der Waals surface area contributed by atoms with Crippen molar-refractivity contribution in [2.45, 2.75) is 17.4 Å². The first-order valence-corrected chi connectivity index (χ1v) is 9.45. The number of aromatic nitrogens is 3. The van der Waals surface area contributed by atoms with Crippen molar-refractivity contribution in [3.8, 4) is 0 Å². The number of hydrogen-bond donors (Lipinski definition) is 1. The molecule has 138 valence electrons. The number of nitrogens with zero attached hydrogens (tertiary/aromatic N) is 4. The molecule has 0 fully saturated rings. The van der Waals surface area contributed by atoms with E-state index in [0.29, 0.717) is 0 Å². The number of anilines is 1. The summed E-state index contributed by atoms with van der Waals surface area (Å²) in [5.74, 6) is -1.10. The first-order valence-electron chi connectivity index (χ1n) is 7.97. The second-order valence-electron chi connectivity index (χ2n) is 5.88. The van der Waals surface area contributed by atoms with Crippen molar-refractivity contribution in [3.05, 3.63) is 66.0 Å². The van der Waals surface area contributed by atoms with Gasteiger partial charge in [0.05, 0.1) is 10.9 Å². The van der Waals surface area contributed by atoms with Crippen molar-refractivity contribution in [2.24, 2.45) is 4.99 Å². The predicted octanol–water partition coefficient (Wildman–Crippen LogP) is 1.60. The number of nitrogens with one attached hydrogen (secondary N) is 1. The lowest BCUT2D eigenvalue weighted by Gasteiger charge is -2.25. The first kappa shape index (κ1) is 17.2. The van der Waals surface area contributed by atoms with E-state index in [9.17, 15) is 17.9 Å². The van der Waals surface area contributed by atoms with Gasteiger partial charge in [-0.2, -0.15) is 4.98 Å². The SMILES string of the molecule is O=S(=O)(Nc1nc2n(n1)[C@@H](c1ccccc1)CC([O-])=N2)c1ccc(F)cc1. The lowest BCUT2D eigenvalue weighted by molar-refractivity contribution is -0.219. The summed E-state index contributed by atoms with van der Waals surface area (Å²) in [6, 6.07) is 13.1. The largest absolute Gasteiger partial charge is 0.862 e. The van der Waals surface area contributed by atoms with Gasteiger partial charge >= 0.3 is 0 Å². The van der Waals surface area contributed by atoms with Crippen LogP contribution >= 0.6 is 0 Å². The highest BCUT2D eigenvalue weighted by molar-refractivity contribution is 7.92. The molecule has 0 radical (unpaired) electrons. The zero-order valence-electron chi connectivity index (χ0n) is 13.8. The molecule has 0 amide bonds. The van der Waals surface area contributed by atoms with Gasteiger partial charge in [0.15, 0.2) is 0 Å². The molecule has 2 aromatic carbocycles. The van der Waals surface area contributed by atoms with E-state index in [2.05, 4.69) is 19.8 Å². The van der Waals surface area contributed by atoms with Crippen molar-refractivity contribution in [2.75, 3.05) is 4.72 Å². The second kappa shape index (κ2) is 6.47. The maximum atomic E-state index is 13.0. The Morgan fingerprint density at radius 1 is 1.11 bits per heavy atom. The topological polar surface area (TPSA) is 112 Å². The summed E-state index contributed by atoms with van der Waals surface area (Å²) >= 11 is 0. The molecule has 0 saturated heterocycles. The number of hydrogen-bond acceptors (Lipinski definition) is 6. The van der Waals surface area contributed by atoms with E-state index in [1.165, 1.54) is 4.68 Å². The Hall–Kier alpha value is -3.27. The molecule has 1 aliphatic heterocycles. The number of rotatable bonds is 4. The summed E-state index contributed by atoms with van der Waals surface area (Å²) in [6.07, 6.45) is 0.102. The van der Waals surface area contributed by atoms with E-state index < -0.39 is 21.9 Å². The maximum Gasteiger partial charge on any atom is 0.264 e. The number of aliphatic imine (C=N–C) groups is 1. The molecular formula is C17H13FN5O3S-. The van der Waals surface area contributed by atoms with Gasteiger partial charge in [0.25, 0.3) is 16.0 Å². The highest BCUT2D eigenvalue weighted by atomic mass is 32.2. The van der Waals surface area contributed by atoms with Crippen LogP contribution in [0, 0.1) is 5.82 Å². The minimum Gasteiger partial charge on any atom is -0.862 e. The summed E-state index contributed by atoms with van der Waals surface area (Å²) in [4.78, 5) is 7.69. The van der Waals surface area contributed by atoms with Gasteiger partial charge in [0, 0.05) is 6.42 Å². The van der Waals surface area contributed by atoms with Crippen molar-refractivity contribution in [1.82, 2.24) is 14.8 Å². The quantitative estimate of drug-likeness (QED) is 0.732. The minimum absolute atomic E-state index is 0.0249. The predicted molar refractivity (Wildman–Crippen MR) is 93.5 cm³/mol. The number of benzene rings is 2. The van der Waals surface area contributed by atoms with Crippen LogP contribution in [0.25, 0.3) is 0 Å². The van der Waals surface area contributed by atoms with Gasteiger partial charge in [-0.3, -0.25) is 0 Å². The van der Waals surface area contributed by atoms with Crippen molar-refractivity contribution in [1.29, 1.82) is 0 Å². The third kappa shape index (κ3) is 3.38. The molecule has 3 aromatic rings. The maximum absolute atomic E-state index is 13.0. The summed E-state index contributed by atoms with van der Waals surface area (Å²) < 4.78 is 41.5. The van der Waals surface area contributed by atoms with E-state index in [1.54, 1.807) is 0 Å². The standard InChI is InChI=1S/C17H14FN5O3S/c18-12-6-8-13(9-7-12)27(25,26)22-16-20-17-19-15(24)10-14(23(17)21-16)11-4-2-1-3-5-11/h1-9,14H,10H2,(H2,19,20,21,22,24)/p-1/t14-/m1/s1. The Balaban J connectivity index is 1.68. The van der Waals surface area contributed by atoms with E-state index in [1.807, 2.05) is 30.3 Å². The molecule has 27 heavy (non-hydrogen) atoms. The Morgan fingerprint density at radius 3 is 2.52 bits per heavy atom. The zero-order valence-corrected chi connectivity index (χ0v) is 14.6. The molecule has 1 aliphatic rings. The molecule has 2 heterocycles. The molecule has 0 aliphatic carbocycles. The average Bonchev–Trinajstić information content (AvgIpc) is 3.03. The van der Waals surface area contributed by atoms with E-state index in [4.69, 9.17) is 0 Å². The van der Waals surface area contributed by atoms with E-state index in [-0.39, 0.29) is 29.1 Å². The second-order valence-corrected chi connectivity index (χ2v) is 7.56. The monoisotopic (exact) mass is 386 g/mol. The molecular weight excluding hydrogens is 373 g/mol. The normalized spacial score (nSPS) is 16.5. The van der Waals surface area contributed by atoms with Crippen molar-refractivity contribution in [3.63, 3.8) is 0 Å². The summed E-state index contributed by atoms with van der Waals surface area (Å²) in [6.45, 7) is 0. The van der Waals surface area contributed by atoms with Gasteiger partial charge in [0.2, 0.25) is 5.95 Å². The van der Waals surface area contributed by atoms with E-state index >= 15 is 0 Å². The molecule has 0 unspecified atom stereocenters. The van der Waals surface area contributed by atoms with Gasteiger partial charge in [-0.25, -0.2) is 27.2 Å². The van der Waals surface area contributed by atoms with Crippen LogP contribution in [0.15, 0.2) is 64.5 Å². The molecule has 8 nitrogen and oxygen atoms in total. The Bertz CT molecular complexity index is 1110. The number of sulfonamides is 1. The number of fused-ring (bicyclic) bond motifs is 1. The van der Waals surface area contributed by atoms with Crippen LogP contribution in [0.2, 0.25) is 0 Å². The molecule has 0 saturated carbocycles. The van der Waals surface area contributed by atoms with Gasteiger partial charge in [-0.1, -0.05) is 30.3 Å². The summed E-state index contributed by atoms with van der Waals surface area (Å²) in [5, 5.41) is 16.1. The Labute approximate surface area is 154 Å². The highest BCUT2D eigenvalue weighted by Gasteiger charge is 2.25. The van der Waals surface area contributed by atoms with E-state index in [0.717, 1.165) is 29.8 Å². The smallest absolute Gasteiger partial charge is 0.264 e. The Kier molecular flexibility index (Phi) is 4.11. The van der Waals surface area contributed by atoms with Crippen LogP contribution in [-0.2, 0) is 10.0 Å². The molecule has 0 bridgehead atoms. The van der Waals surface area contributed by atoms with Crippen LogP contribution in [0.3, 0.4) is 0 Å². The fraction of sp³-hybridized carbons (Fsp3) is 0.118. The molecule has 1 aromatic heterocycles. The lowest BCUT2D eigenvalue weighted by Crippen LogP contribution is -2.28. The fourth-order valence-corrected chi connectivity index (χ4v) is 3.72. The minimum atomic E-state index is -4.01. The highest BCUT2D eigenvalue weighted by Crippen LogP contribution is 2.31. The van der Waals surface area contributed by atoms with Gasteiger partial charge in [0.1, 0.15) is 5.82 Å². The van der Waals surface area contributed by atoms with Crippen LogP contribution < -0.4 is 9.83 Å². The third-order valence-electron chi connectivity index (χ3n) is 4.04. The van der Waals surface area contributed by atoms with Crippen LogP contribution in [0.4, 0.5) is 16.3 Å². The number of halogens is 1. The molecule has 1 atom stereocenters. The first-order chi connectivity index (χ1) is 12.9. The zero-order chi connectivity index (χ0) is 19.0. The summed E-state index contributed by atoms with van der Waals surface area (Å²) in [5.41, 5.74) is 0.833. The van der Waals surface area contributed by atoms with Crippen LogP contribution in [-0.4, -0.2) is 29.1 Å². The fourth-order valence-electron chi connectivity index (χ4n) is 2.78. The lowest BCUT2D eigenvalue weighted by atomic mass is 10.0. The molecule has 4 rings (SSSR count). The van der Waals surface area contributed by atoms with Crippen LogP contribution in [0.5, 0.6) is 0 Å². The van der Waals surface area contributed by atoms with Gasteiger partial charge in [-0.05, 0) is 35.7 Å². The molecule has 0 spiro atoms. The average molecular weight is 386 g/mol. The third-order valence-corrected chi connectivity index (χ3v) is 5.38. The Morgan fingerprint density at radius 2 is 1.81 bits per heavy atom. The van der Waals surface area contributed by atoms with Crippen LogP contribution in [0.1, 0.15) is 18.0 Å². The summed E-state index contributed by atoms with van der Waals surface area (Å²) in [7, 11) is -4.01. The molecule has 1 N–H and O–H groups in total. The molecule has 10 heteroatoms. The van der Waals surface area contributed by atoms with Gasteiger partial charge < -0.3 is 5.11 Å². The van der Waals surface area contributed by atoms with Crippen molar-refractivity contribution >= 4 is 27.8 Å². The van der Waals surface area contributed by atoms with Gasteiger partial charge in [-0.15, -0.1) is 5.10 Å². The van der Waals surface area contributed by atoms with Crippen molar-refractivity contribution < 1.29 is 17.9 Å².